The molecule has 11 heteroatoms. The highest BCUT2D eigenvalue weighted by Gasteiger charge is 2.27. The Morgan fingerprint density at radius 2 is 1.97 bits per heavy atom. The van der Waals surface area contributed by atoms with Crippen LogP contribution in [0.4, 0.5) is 0 Å². The SMILES string of the molecule is NC(N)=NCCC[C@@H](C=O)NC(=O)CN(CCCCC(O)O)C(=O)C1CCCCN1. The molecule has 1 unspecified atom stereocenters. The number of aliphatic hydroxyl groups excluding tert-OH is 1. The van der Waals surface area contributed by atoms with Gasteiger partial charge in [-0.2, -0.15) is 0 Å². The lowest BCUT2D eigenvalue weighted by Crippen LogP contribution is -2.52. The van der Waals surface area contributed by atoms with Crippen LogP contribution < -0.4 is 22.1 Å². The van der Waals surface area contributed by atoms with Crippen LogP contribution in [0, 0.1) is 0 Å². The summed E-state index contributed by atoms with van der Waals surface area (Å²) >= 11 is 0. The first-order valence-electron chi connectivity index (χ1n) is 10.5. The second kappa shape index (κ2) is 14.7. The lowest BCUT2D eigenvalue weighted by atomic mass is 10.0. The van der Waals surface area contributed by atoms with Crippen molar-refractivity contribution in [3.8, 4) is 0 Å². The molecule has 11 nitrogen and oxygen atoms in total. The number of aliphatic imine (C=N–C) groups is 1. The smallest absolute Gasteiger partial charge is 0.240 e. The van der Waals surface area contributed by atoms with Crippen molar-refractivity contribution in [2.45, 2.75) is 69.7 Å². The third-order valence-corrected chi connectivity index (χ3v) is 4.87. The van der Waals surface area contributed by atoms with Gasteiger partial charge in [-0.3, -0.25) is 14.6 Å². The van der Waals surface area contributed by atoms with Crippen LogP contribution >= 0.6 is 0 Å². The third kappa shape index (κ3) is 11.1. The monoisotopic (exact) mass is 428 g/mol. The molecule has 0 aromatic rings. The molecule has 0 radical (unpaired) electrons. The number of rotatable bonds is 14. The van der Waals surface area contributed by atoms with Crippen LogP contribution in [0.5, 0.6) is 0 Å². The van der Waals surface area contributed by atoms with E-state index in [0.29, 0.717) is 51.5 Å². The Morgan fingerprint density at radius 3 is 2.57 bits per heavy atom. The number of amides is 2. The third-order valence-electron chi connectivity index (χ3n) is 4.87. The first kappa shape index (κ1) is 25.8. The van der Waals surface area contributed by atoms with Gasteiger partial charge in [-0.25, -0.2) is 0 Å². The van der Waals surface area contributed by atoms with E-state index in [-0.39, 0.29) is 30.9 Å². The summed E-state index contributed by atoms with van der Waals surface area (Å²) in [6.45, 7) is 1.29. The fraction of sp³-hybridized carbons (Fsp3) is 0.789. The largest absolute Gasteiger partial charge is 0.370 e. The van der Waals surface area contributed by atoms with Crippen molar-refractivity contribution in [2.75, 3.05) is 26.2 Å². The number of guanidine groups is 1. The quantitative estimate of drug-likeness (QED) is 0.0614. The normalized spacial score (nSPS) is 17.2. The second-order valence-electron chi connectivity index (χ2n) is 7.50. The average Bonchev–Trinajstić information content (AvgIpc) is 2.72. The van der Waals surface area contributed by atoms with Gasteiger partial charge >= 0.3 is 0 Å². The fourth-order valence-corrected chi connectivity index (χ4v) is 3.30. The zero-order valence-corrected chi connectivity index (χ0v) is 17.5. The Kier molecular flexibility index (Phi) is 12.6. The van der Waals surface area contributed by atoms with E-state index in [2.05, 4.69) is 15.6 Å². The minimum atomic E-state index is -1.38. The van der Waals surface area contributed by atoms with Crippen LogP contribution in [-0.2, 0) is 14.4 Å². The van der Waals surface area contributed by atoms with Gasteiger partial charge in [-0.05, 0) is 51.5 Å². The van der Waals surface area contributed by atoms with Crippen molar-refractivity contribution in [1.29, 1.82) is 0 Å². The van der Waals surface area contributed by atoms with Gasteiger partial charge in [0.15, 0.2) is 12.2 Å². The van der Waals surface area contributed by atoms with Gasteiger partial charge in [0.2, 0.25) is 11.8 Å². The molecule has 1 aliphatic rings. The van der Waals surface area contributed by atoms with Gasteiger partial charge < -0.3 is 42.0 Å². The number of aldehydes is 1. The van der Waals surface area contributed by atoms with Crippen molar-refractivity contribution in [3.05, 3.63) is 0 Å². The maximum absolute atomic E-state index is 12.9. The number of carbonyl (C=O) groups is 3. The zero-order valence-electron chi connectivity index (χ0n) is 17.5. The molecule has 0 aromatic heterocycles. The van der Waals surface area contributed by atoms with Crippen molar-refractivity contribution in [1.82, 2.24) is 15.5 Å². The zero-order chi connectivity index (χ0) is 22.4. The van der Waals surface area contributed by atoms with Crippen LogP contribution in [0.2, 0.25) is 0 Å². The summed E-state index contributed by atoms with van der Waals surface area (Å²) in [5.74, 6) is -0.592. The minimum Gasteiger partial charge on any atom is -0.370 e. The summed E-state index contributed by atoms with van der Waals surface area (Å²) in [6.07, 6.45) is 4.13. The molecule has 2 atom stereocenters. The number of aliphatic hydroxyl groups is 2. The molecule has 1 heterocycles. The first-order valence-corrected chi connectivity index (χ1v) is 10.5. The van der Waals surface area contributed by atoms with E-state index in [4.69, 9.17) is 21.7 Å². The Balaban J connectivity index is 2.59. The van der Waals surface area contributed by atoms with E-state index in [1.54, 1.807) is 0 Å². The number of hydrogen-bond acceptors (Lipinski definition) is 7. The van der Waals surface area contributed by atoms with E-state index in [9.17, 15) is 14.4 Å². The number of carbonyl (C=O) groups excluding carboxylic acids is 3. The molecule has 8 N–H and O–H groups in total. The number of nitrogens with two attached hydrogens (primary N) is 2. The number of unbranched alkanes of at least 4 members (excludes halogenated alkanes) is 1. The van der Waals surface area contributed by atoms with Crippen molar-refractivity contribution >= 4 is 24.1 Å². The number of hydrogen-bond donors (Lipinski definition) is 6. The van der Waals surface area contributed by atoms with Gasteiger partial charge in [0.1, 0.15) is 6.29 Å². The molecular formula is C19H36N6O5. The molecule has 172 valence electrons. The summed E-state index contributed by atoms with van der Waals surface area (Å²) in [5.41, 5.74) is 10.5. The predicted octanol–water partition coefficient (Wildman–Crippen LogP) is -1.82. The molecule has 1 rings (SSSR count). The molecule has 0 saturated carbocycles. The van der Waals surface area contributed by atoms with Crippen LogP contribution in [0.15, 0.2) is 4.99 Å². The molecule has 1 saturated heterocycles. The highest BCUT2D eigenvalue weighted by atomic mass is 16.5. The van der Waals surface area contributed by atoms with E-state index in [1.165, 1.54) is 4.90 Å². The molecule has 30 heavy (non-hydrogen) atoms. The van der Waals surface area contributed by atoms with Crippen LogP contribution in [0.25, 0.3) is 0 Å². The summed E-state index contributed by atoms with van der Waals surface area (Å²) in [5, 5.41) is 23.8. The van der Waals surface area contributed by atoms with Gasteiger partial charge in [-0.1, -0.05) is 6.42 Å². The predicted molar refractivity (Wildman–Crippen MR) is 112 cm³/mol. The van der Waals surface area contributed by atoms with Crippen LogP contribution in [-0.4, -0.2) is 83.7 Å². The molecule has 0 aliphatic carbocycles. The second-order valence-corrected chi connectivity index (χ2v) is 7.50. The molecular weight excluding hydrogens is 392 g/mol. The fourth-order valence-electron chi connectivity index (χ4n) is 3.30. The molecule has 2 amide bonds. The Labute approximate surface area is 177 Å². The van der Waals surface area contributed by atoms with E-state index >= 15 is 0 Å². The summed E-state index contributed by atoms with van der Waals surface area (Å²) in [6, 6.07) is -1.00. The highest BCUT2D eigenvalue weighted by molar-refractivity contribution is 5.88. The summed E-state index contributed by atoms with van der Waals surface area (Å²) in [7, 11) is 0. The molecule has 0 spiro atoms. The maximum atomic E-state index is 12.9. The van der Waals surface area contributed by atoms with Gasteiger partial charge in [-0.15, -0.1) is 0 Å². The maximum Gasteiger partial charge on any atom is 0.240 e. The van der Waals surface area contributed by atoms with E-state index in [1.807, 2.05) is 0 Å². The summed E-state index contributed by atoms with van der Waals surface area (Å²) in [4.78, 5) is 41.9. The van der Waals surface area contributed by atoms with Gasteiger partial charge in [0.05, 0.1) is 18.6 Å². The van der Waals surface area contributed by atoms with Gasteiger partial charge in [0, 0.05) is 13.1 Å². The molecule has 1 aliphatic heterocycles. The first-order chi connectivity index (χ1) is 14.3. The van der Waals surface area contributed by atoms with Crippen molar-refractivity contribution < 1.29 is 24.6 Å². The topological polar surface area (TPSA) is 183 Å². The van der Waals surface area contributed by atoms with Gasteiger partial charge in [0.25, 0.3) is 0 Å². The van der Waals surface area contributed by atoms with Crippen LogP contribution in [0.1, 0.15) is 51.4 Å². The standard InChI is InChI=1S/C19H36N6O5/c20-19(21)23-10-5-6-14(13-26)24-16(27)12-25(11-4-2-8-17(28)29)18(30)15-7-1-3-9-22-15/h13-15,17,22,28-29H,1-12H2,(H,24,27)(H4,20,21,23)/t14-,15?/m0/s1. The molecule has 0 aromatic carbocycles. The molecule has 1 fully saturated rings. The Morgan fingerprint density at radius 1 is 1.20 bits per heavy atom. The van der Waals surface area contributed by atoms with Crippen molar-refractivity contribution in [2.24, 2.45) is 16.5 Å². The van der Waals surface area contributed by atoms with Crippen molar-refractivity contribution in [3.63, 3.8) is 0 Å². The van der Waals surface area contributed by atoms with Crippen LogP contribution in [0.3, 0.4) is 0 Å². The Hall–Kier alpha value is -2.24. The van der Waals surface area contributed by atoms with E-state index in [0.717, 1.165) is 19.4 Å². The molecule has 0 bridgehead atoms. The number of nitrogens with one attached hydrogen (secondary N) is 2. The number of nitrogens with zero attached hydrogens (tertiary/aromatic N) is 2. The summed E-state index contributed by atoms with van der Waals surface area (Å²) < 4.78 is 0. The minimum absolute atomic E-state index is 0.0270. The number of piperidine rings is 1. The lowest BCUT2D eigenvalue weighted by Gasteiger charge is -2.30. The lowest BCUT2D eigenvalue weighted by molar-refractivity contribution is -0.138. The van der Waals surface area contributed by atoms with E-state index < -0.39 is 18.2 Å². The average molecular weight is 429 g/mol. The Bertz CT molecular complexity index is 562. The highest BCUT2D eigenvalue weighted by Crippen LogP contribution is 2.11.